The zero-order chi connectivity index (χ0) is 11.4. The minimum Gasteiger partial charge on any atom is -0.481 e. The number of ether oxygens (including phenoxy) is 1. The zero-order valence-corrected chi connectivity index (χ0v) is 8.75. The maximum absolute atomic E-state index is 10.7. The fourth-order valence-electron chi connectivity index (χ4n) is 1.38. The topological polar surface area (TPSA) is 52.1 Å². The van der Waals surface area contributed by atoms with Crippen LogP contribution in [0.4, 0.5) is 0 Å². The van der Waals surface area contributed by atoms with Gasteiger partial charge in [-0.3, -0.25) is 4.79 Å². The van der Waals surface area contributed by atoms with Crippen LogP contribution < -0.4 is 4.74 Å². The van der Waals surface area contributed by atoms with E-state index >= 15 is 0 Å². The van der Waals surface area contributed by atoms with Crippen molar-refractivity contribution >= 4 is 6.29 Å². The lowest BCUT2D eigenvalue weighted by Crippen LogP contribution is -1.91. The molecule has 1 aromatic carbocycles. The van der Waals surface area contributed by atoms with Crippen molar-refractivity contribution in [1.29, 1.82) is 0 Å². The third-order valence-electron chi connectivity index (χ3n) is 2.17. The number of carbonyl (C=O) groups excluding carboxylic acids is 1. The number of benzene rings is 1. The maximum Gasteiger partial charge on any atom is 0.216 e. The van der Waals surface area contributed by atoms with Crippen LogP contribution in [0.1, 0.15) is 10.4 Å². The number of hydrogen-bond donors (Lipinski definition) is 0. The third-order valence-corrected chi connectivity index (χ3v) is 2.17. The van der Waals surface area contributed by atoms with Crippen molar-refractivity contribution in [2.24, 2.45) is 0 Å². The van der Waals surface area contributed by atoms with Crippen LogP contribution in [-0.4, -0.2) is 23.4 Å². The highest BCUT2D eigenvalue weighted by molar-refractivity contribution is 5.78. The fourth-order valence-corrected chi connectivity index (χ4v) is 1.38. The molecule has 0 aliphatic rings. The molecule has 0 aliphatic carbocycles. The average Bonchev–Trinajstić information content (AvgIpc) is 2.39. The van der Waals surface area contributed by atoms with E-state index in [1.165, 1.54) is 6.33 Å². The van der Waals surface area contributed by atoms with Gasteiger partial charge in [-0.1, -0.05) is 18.2 Å². The van der Waals surface area contributed by atoms with E-state index < -0.39 is 0 Å². The van der Waals surface area contributed by atoms with E-state index in [1.54, 1.807) is 25.3 Å². The summed E-state index contributed by atoms with van der Waals surface area (Å²) < 4.78 is 5.01. The van der Waals surface area contributed by atoms with Crippen LogP contribution in [0.25, 0.3) is 11.3 Å². The molecule has 0 atom stereocenters. The average molecular weight is 214 g/mol. The molecule has 0 aliphatic heterocycles. The minimum absolute atomic E-state index is 0.501. The van der Waals surface area contributed by atoms with Crippen LogP contribution in [0, 0.1) is 0 Å². The molecule has 0 amide bonds. The van der Waals surface area contributed by atoms with E-state index in [4.69, 9.17) is 4.74 Å². The second-order valence-corrected chi connectivity index (χ2v) is 3.19. The summed E-state index contributed by atoms with van der Waals surface area (Å²) in [6.07, 6.45) is 2.24. The molecule has 4 heteroatoms. The van der Waals surface area contributed by atoms with Gasteiger partial charge in [-0.2, -0.15) is 0 Å². The van der Waals surface area contributed by atoms with Gasteiger partial charge in [0.1, 0.15) is 12.6 Å². The van der Waals surface area contributed by atoms with Crippen molar-refractivity contribution in [1.82, 2.24) is 9.97 Å². The van der Waals surface area contributed by atoms with Gasteiger partial charge >= 0.3 is 0 Å². The van der Waals surface area contributed by atoms with Gasteiger partial charge in [0.2, 0.25) is 5.88 Å². The monoisotopic (exact) mass is 214 g/mol. The molecule has 0 N–H and O–H groups in total. The van der Waals surface area contributed by atoms with Crippen LogP contribution in [-0.2, 0) is 0 Å². The molecule has 16 heavy (non-hydrogen) atoms. The molecule has 1 aromatic heterocycles. The van der Waals surface area contributed by atoms with Gasteiger partial charge in [0.15, 0.2) is 0 Å². The Morgan fingerprint density at radius 1 is 1.25 bits per heavy atom. The molecule has 2 aromatic rings. The lowest BCUT2D eigenvalue weighted by atomic mass is 10.1. The molecule has 0 saturated heterocycles. The van der Waals surface area contributed by atoms with Crippen LogP contribution in [0.5, 0.6) is 5.88 Å². The van der Waals surface area contributed by atoms with E-state index in [-0.39, 0.29) is 0 Å². The Morgan fingerprint density at radius 2 is 2.12 bits per heavy atom. The number of carbonyl (C=O) groups is 1. The fraction of sp³-hybridized carbons (Fsp3) is 0.0833. The first-order valence-electron chi connectivity index (χ1n) is 4.75. The van der Waals surface area contributed by atoms with Crippen molar-refractivity contribution in [3.8, 4) is 17.1 Å². The van der Waals surface area contributed by atoms with Gasteiger partial charge in [-0.05, 0) is 6.07 Å². The molecule has 0 bridgehead atoms. The van der Waals surface area contributed by atoms with E-state index in [2.05, 4.69) is 9.97 Å². The molecule has 0 unspecified atom stereocenters. The van der Waals surface area contributed by atoms with Crippen molar-refractivity contribution in [3.05, 3.63) is 42.2 Å². The molecule has 0 saturated carbocycles. The van der Waals surface area contributed by atoms with Crippen molar-refractivity contribution in [2.45, 2.75) is 0 Å². The minimum atomic E-state index is 0.501. The van der Waals surface area contributed by atoms with Crippen molar-refractivity contribution < 1.29 is 9.53 Å². The summed E-state index contributed by atoms with van der Waals surface area (Å²) in [5, 5.41) is 0. The lowest BCUT2D eigenvalue weighted by Gasteiger charge is -2.03. The Hall–Kier alpha value is -2.23. The summed E-state index contributed by atoms with van der Waals surface area (Å²) in [4.78, 5) is 18.7. The summed E-state index contributed by atoms with van der Waals surface area (Å²) in [7, 11) is 1.55. The lowest BCUT2D eigenvalue weighted by molar-refractivity contribution is 0.112. The number of methoxy groups -OCH3 is 1. The first kappa shape index (κ1) is 10.3. The Labute approximate surface area is 92.9 Å². The van der Waals surface area contributed by atoms with E-state index in [9.17, 15) is 4.79 Å². The molecule has 4 nitrogen and oxygen atoms in total. The SMILES string of the molecule is COc1cc(-c2cccc(C=O)c2)ncn1. The smallest absolute Gasteiger partial charge is 0.216 e. The highest BCUT2D eigenvalue weighted by Gasteiger charge is 2.02. The summed E-state index contributed by atoms with van der Waals surface area (Å²) >= 11 is 0. The van der Waals surface area contributed by atoms with Crippen molar-refractivity contribution in [3.63, 3.8) is 0 Å². The second-order valence-electron chi connectivity index (χ2n) is 3.19. The second kappa shape index (κ2) is 4.53. The number of rotatable bonds is 3. The number of aldehydes is 1. The normalized spacial score (nSPS) is 9.81. The van der Waals surface area contributed by atoms with Gasteiger partial charge in [-0.15, -0.1) is 0 Å². The maximum atomic E-state index is 10.7. The highest BCUT2D eigenvalue weighted by atomic mass is 16.5. The number of nitrogens with zero attached hydrogens (tertiary/aromatic N) is 2. The largest absolute Gasteiger partial charge is 0.481 e. The molecule has 2 rings (SSSR count). The predicted octanol–water partition coefficient (Wildman–Crippen LogP) is 1.96. The quantitative estimate of drug-likeness (QED) is 0.733. The Kier molecular flexibility index (Phi) is 2.91. The van der Waals surface area contributed by atoms with E-state index in [0.29, 0.717) is 11.4 Å². The van der Waals surface area contributed by atoms with Gasteiger partial charge in [-0.25, -0.2) is 9.97 Å². The highest BCUT2D eigenvalue weighted by Crippen LogP contribution is 2.20. The van der Waals surface area contributed by atoms with Gasteiger partial charge < -0.3 is 4.74 Å². The third kappa shape index (κ3) is 2.06. The Balaban J connectivity index is 2.45. The molecular weight excluding hydrogens is 204 g/mol. The summed E-state index contributed by atoms with van der Waals surface area (Å²) in [5.74, 6) is 0.501. The van der Waals surface area contributed by atoms with Gasteiger partial charge in [0, 0.05) is 17.2 Å². The summed E-state index contributed by atoms with van der Waals surface area (Å²) in [6, 6.07) is 8.94. The molecule has 0 spiro atoms. The Bertz CT molecular complexity index is 512. The van der Waals surface area contributed by atoms with Crippen LogP contribution >= 0.6 is 0 Å². The van der Waals surface area contributed by atoms with Crippen LogP contribution in [0.2, 0.25) is 0 Å². The molecule has 0 fully saturated rings. The van der Waals surface area contributed by atoms with Gasteiger partial charge in [0.05, 0.1) is 12.8 Å². The van der Waals surface area contributed by atoms with E-state index in [1.807, 2.05) is 12.1 Å². The summed E-state index contributed by atoms with van der Waals surface area (Å²) in [5.41, 5.74) is 2.22. The number of aromatic nitrogens is 2. The first-order valence-corrected chi connectivity index (χ1v) is 4.75. The van der Waals surface area contributed by atoms with Crippen LogP contribution in [0.15, 0.2) is 36.7 Å². The number of hydrogen-bond acceptors (Lipinski definition) is 4. The van der Waals surface area contributed by atoms with Crippen LogP contribution in [0.3, 0.4) is 0 Å². The summed E-state index contributed by atoms with van der Waals surface area (Å²) in [6.45, 7) is 0. The molecule has 0 radical (unpaired) electrons. The molecule has 1 heterocycles. The molecular formula is C12H10N2O2. The van der Waals surface area contributed by atoms with E-state index in [0.717, 1.165) is 17.5 Å². The Morgan fingerprint density at radius 3 is 2.88 bits per heavy atom. The standard InChI is InChI=1S/C12H10N2O2/c1-16-12-6-11(13-8-14-12)10-4-2-3-9(5-10)7-15/h2-8H,1H3. The molecule has 80 valence electrons. The van der Waals surface area contributed by atoms with Crippen molar-refractivity contribution in [2.75, 3.05) is 7.11 Å². The van der Waals surface area contributed by atoms with Gasteiger partial charge in [0.25, 0.3) is 0 Å². The first-order chi connectivity index (χ1) is 7.83. The predicted molar refractivity (Wildman–Crippen MR) is 59.4 cm³/mol. The zero-order valence-electron chi connectivity index (χ0n) is 8.75.